The first-order valence-electron chi connectivity index (χ1n) is 10.0. The van der Waals surface area contributed by atoms with Crippen LogP contribution in [0.1, 0.15) is 22.2 Å². The largest absolute Gasteiger partial charge is 0.468 e. The fourth-order valence-electron chi connectivity index (χ4n) is 3.79. The van der Waals surface area contributed by atoms with Gasteiger partial charge in [0.05, 0.1) is 22.9 Å². The number of rotatable bonds is 6. The molecule has 1 N–H and O–H groups in total. The summed E-state index contributed by atoms with van der Waals surface area (Å²) in [6, 6.07) is 15.4. The predicted octanol–water partition coefficient (Wildman–Crippen LogP) is 5.13. The van der Waals surface area contributed by atoms with E-state index in [0.717, 1.165) is 42.1 Å². The van der Waals surface area contributed by atoms with Crippen LogP contribution >= 0.6 is 27.5 Å². The molecule has 1 aliphatic rings. The Morgan fingerprint density at radius 2 is 1.87 bits per heavy atom. The number of nitrogens with one attached hydrogen (secondary N) is 1. The molecule has 0 spiro atoms. The number of hydrogen-bond donors (Lipinski definition) is 1. The van der Waals surface area contributed by atoms with Gasteiger partial charge < -0.3 is 14.6 Å². The zero-order chi connectivity index (χ0) is 21.8. The molecule has 8 heteroatoms. The number of anilines is 1. The van der Waals surface area contributed by atoms with Crippen LogP contribution in [0.4, 0.5) is 10.1 Å². The van der Waals surface area contributed by atoms with Gasteiger partial charge in [0.2, 0.25) is 0 Å². The van der Waals surface area contributed by atoms with E-state index < -0.39 is 0 Å². The van der Waals surface area contributed by atoms with Crippen molar-refractivity contribution < 1.29 is 13.6 Å². The molecule has 162 valence electrons. The van der Waals surface area contributed by atoms with Crippen molar-refractivity contribution in [3.05, 3.63) is 87.5 Å². The lowest BCUT2D eigenvalue weighted by atomic mass is 10.1. The van der Waals surface area contributed by atoms with Gasteiger partial charge in [0, 0.05) is 42.9 Å². The van der Waals surface area contributed by atoms with Gasteiger partial charge in [-0.05, 0) is 54.6 Å². The minimum atomic E-state index is -0.235. The summed E-state index contributed by atoms with van der Waals surface area (Å²) >= 11 is 9.58. The third-order valence-electron chi connectivity index (χ3n) is 5.45. The van der Waals surface area contributed by atoms with Crippen LogP contribution < -0.4 is 10.2 Å². The summed E-state index contributed by atoms with van der Waals surface area (Å²) in [5, 5.41) is 3.41. The third kappa shape index (κ3) is 5.29. The highest BCUT2D eigenvalue weighted by Crippen LogP contribution is 2.25. The van der Waals surface area contributed by atoms with Gasteiger partial charge in [0.25, 0.3) is 5.91 Å². The highest BCUT2D eigenvalue weighted by Gasteiger charge is 2.28. The maximum atomic E-state index is 13.2. The van der Waals surface area contributed by atoms with Crippen molar-refractivity contribution in [2.75, 3.05) is 37.6 Å². The van der Waals surface area contributed by atoms with Gasteiger partial charge in [0.1, 0.15) is 11.6 Å². The summed E-state index contributed by atoms with van der Waals surface area (Å²) in [4.78, 5) is 17.3. The van der Waals surface area contributed by atoms with E-state index >= 15 is 0 Å². The van der Waals surface area contributed by atoms with Gasteiger partial charge in [-0.2, -0.15) is 0 Å². The van der Waals surface area contributed by atoms with Crippen LogP contribution in [0.2, 0.25) is 5.02 Å². The van der Waals surface area contributed by atoms with Gasteiger partial charge in [-0.25, -0.2) is 4.39 Å². The van der Waals surface area contributed by atoms with Crippen molar-refractivity contribution in [3.8, 4) is 0 Å². The molecule has 1 aromatic heterocycles. The van der Waals surface area contributed by atoms with Crippen LogP contribution in [0.5, 0.6) is 0 Å². The third-order valence-corrected chi connectivity index (χ3v) is 6.27. The molecule has 1 aliphatic heterocycles. The molecule has 2 heterocycles. The fourth-order valence-corrected chi connectivity index (χ4v) is 4.35. The Bertz CT molecular complexity index is 1020. The molecule has 0 aliphatic carbocycles. The molecule has 4 rings (SSSR count). The second-order valence-corrected chi connectivity index (χ2v) is 8.69. The van der Waals surface area contributed by atoms with Crippen LogP contribution in [0.15, 0.2) is 69.8 Å². The molecule has 2 aromatic carbocycles. The Balaban J connectivity index is 1.42. The molecule has 1 atom stereocenters. The van der Waals surface area contributed by atoms with Crippen LogP contribution in [0, 0.1) is 5.82 Å². The molecule has 1 saturated heterocycles. The molecule has 1 fully saturated rings. The molecule has 3 aromatic rings. The summed E-state index contributed by atoms with van der Waals surface area (Å²) in [5.74, 6) is 0.338. The van der Waals surface area contributed by atoms with Crippen LogP contribution in [-0.4, -0.2) is 43.5 Å². The topological polar surface area (TPSA) is 48.7 Å². The standard InChI is InChI=1S/C23H22BrClFN3O2/c24-16-3-8-20(25)19(14-16)23(30)27-15-21(22-2-1-13-31-22)29-11-9-28(10-12-29)18-6-4-17(26)5-7-18/h1-8,13-14,21H,9-12,15H2,(H,27,30). The Morgan fingerprint density at radius 1 is 1.13 bits per heavy atom. The van der Waals surface area contributed by atoms with Gasteiger partial charge in [0.15, 0.2) is 0 Å². The molecular weight excluding hydrogens is 485 g/mol. The molecule has 1 unspecified atom stereocenters. The monoisotopic (exact) mass is 505 g/mol. The highest BCUT2D eigenvalue weighted by atomic mass is 79.9. The van der Waals surface area contributed by atoms with Crippen LogP contribution in [0.25, 0.3) is 0 Å². The van der Waals surface area contributed by atoms with E-state index in [1.165, 1.54) is 12.1 Å². The predicted molar refractivity (Wildman–Crippen MR) is 123 cm³/mol. The molecule has 0 saturated carbocycles. The number of carbonyl (C=O) groups is 1. The van der Waals surface area contributed by atoms with Gasteiger partial charge >= 0.3 is 0 Å². The van der Waals surface area contributed by atoms with Gasteiger partial charge in [-0.15, -0.1) is 0 Å². The van der Waals surface area contributed by atoms with Crippen LogP contribution in [-0.2, 0) is 0 Å². The van der Waals surface area contributed by atoms with E-state index in [9.17, 15) is 9.18 Å². The lowest BCUT2D eigenvalue weighted by Gasteiger charge is -2.39. The zero-order valence-corrected chi connectivity index (χ0v) is 19.1. The van der Waals surface area contributed by atoms with E-state index in [4.69, 9.17) is 16.0 Å². The first-order valence-corrected chi connectivity index (χ1v) is 11.2. The number of furan rings is 1. The summed E-state index contributed by atoms with van der Waals surface area (Å²) in [5.41, 5.74) is 1.43. The molecule has 5 nitrogen and oxygen atoms in total. The number of piperazine rings is 1. The number of benzene rings is 2. The number of hydrogen-bond acceptors (Lipinski definition) is 4. The van der Waals surface area contributed by atoms with Gasteiger partial charge in [-0.1, -0.05) is 27.5 Å². The normalized spacial score (nSPS) is 15.6. The minimum absolute atomic E-state index is 0.0970. The zero-order valence-electron chi connectivity index (χ0n) is 16.7. The number of amides is 1. The highest BCUT2D eigenvalue weighted by molar-refractivity contribution is 9.10. The summed E-state index contributed by atoms with van der Waals surface area (Å²) in [6.07, 6.45) is 1.64. The molecule has 0 bridgehead atoms. The van der Waals surface area contributed by atoms with Gasteiger partial charge in [-0.3, -0.25) is 9.69 Å². The summed E-state index contributed by atoms with van der Waals surface area (Å²) in [7, 11) is 0. The second-order valence-electron chi connectivity index (χ2n) is 7.36. The number of carbonyl (C=O) groups excluding carboxylic acids is 1. The van der Waals surface area contributed by atoms with Crippen molar-refractivity contribution in [1.29, 1.82) is 0 Å². The lowest BCUT2D eigenvalue weighted by molar-refractivity contribution is 0.0923. The van der Waals surface area contributed by atoms with E-state index in [1.54, 1.807) is 36.6 Å². The first-order chi connectivity index (χ1) is 15.0. The fraction of sp³-hybridized carbons (Fsp3) is 0.261. The smallest absolute Gasteiger partial charge is 0.252 e. The number of nitrogens with zero attached hydrogens (tertiary/aromatic N) is 2. The van der Waals surface area contributed by atoms with E-state index in [1.807, 2.05) is 12.1 Å². The van der Waals surface area contributed by atoms with Crippen molar-refractivity contribution >= 4 is 39.1 Å². The maximum absolute atomic E-state index is 13.2. The SMILES string of the molecule is O=C(NCC(c1ccco1)N1CCN(c2ccc(F)cc2)CC1)c1cc(Br)ccc1Cl. The molecule has 31 heavy (non-hydrogen) atoms. The van der Waals surface area contributed by atoms with Crippen molar-refractivity contribution in [2.24, 2.45) is 0 Å². The summed E-state index contributed by atoms with van der Waals surface area (Å²) < 4.78 is 19.7. The van der Waals surface area contributed by atoms with E-state index in [-0.39, 0.29) is 17.8 Å². The van der Waals surface area contributed by atoms with Crippen molar-refractivity contribution in [3.63, 3.8) is 0 Å². The minimum Gasteiger partial charge on any atom is -0.468 e. The van der Waals surface area contributed by atoms with Crippen molar-refractivity contribution in [1.82, 2.24) is 10.2 Å². The van der Waals surface area contributed by atoms with E-state index in [0.29, 0.717) is 17.1 Å². The van der Waals surface area contributed by atoms with Crippen molar-refractivity contribution in [2.45, 2.75) is 6.04 Å². The Hall–Kier alpha value is -2.35. The second kappa shape index (κ2) is 9.85. The van der Waals surface area contributed by atoms with E-state index in [2.05, 4.69) is 31.0 Å². The maximum Gasteiger partial charge on any atom is 0.252 e. The van der Waals surface area contributed by atoms with Crippen LogP contribution in [0.3, 0.4) is 0 Å². The Labute approximate surface area is 193 Å². The molecular formula is C23H22BrClFN3O2. The lowest BCUT2D eigenvalue weighted by Crippen LogP contribution is -2.49. The average molecular weight is 507 g/mol. The summed E-state index contributed by atoms with van der Waals surface area (Å²) in [6.45, 7) is 3.57. The number of halogens is 3. The Morgan fingerprint density at radius 3 is 2.55 bits per heavy atom. The quantitative estimate of drug-likeness (QED) is 0.504. The molecule has 0 radical (unpaired) electrons. The Kier molecular flexibility index (Phi) is 6.95. The molecule has 1 amide bonds. The first kappa shape index (κ1) is 21.9. The average Bonchev–Trinajstić information content (AvgIpc) is 3.31.